The zero-order valence-corrected chi connectivity index (χ0v) is 35.7. The molecule has 0 saturated heterocycles. The van der Waals surface area contributed by atoms with E-state index in [0.29, 0.717) is 0 Å². The molecule has 4 rings (SSSR count). The molecule has 0 spiro atoms. The number of nitrogens with two attached hydrogens (primary N) is 1. The van der Waals surface area contributed by atoms with Crippen molar-refractivity contribution in [2.75, 3.05) is 0 Å². The summed E-state index contributed by atoms with van der Waals surface area (Å²) in [7, 11) is 0. The van der Waals surface area contributed by atoms with E-state index in [9.17, 15) is 0 Å². The number of benzene rings is 4. The normalized spacial score (nSPS) is 12.8. The highest BCUT2D eigenvalue weighted by atomic mass is 14.6. The summed E-state index contributed by atoms with van der Waals surface area (Å²) in [6.07, 6.45) is 25.0. The molecule has 4 aromatic rings. The van der Waals surface area contributed by atoms with Gasteiger partial charge < -0.3 is 5.73 Å². The van der Waals surface area contributed by atoms with E-state index in [0.717, 1.165) is 35.9 Å². The van der Waals surface area contributed by atoms with Crippen LogP contribution in [0.1, 0.15) is 159 Å². The van der Waals surface area contributed by atoms with Gasteiger partial charge in [-0.25, -0.2) is 0 Å². The molecule has 0 radical (unpaired) electrons. The molecular weight excluding hydrogens is 651 g/mol. The van der Waals surface area contributed by atoms with Gasteiger partial charge in [-0.2, -0.15) is 0 Å². The zero-order valence-electron chi connectivity index (χ0n) is 35.7. The van der Waals surface area contributed by atoms with Gasteiger partial charge in [0, 0.05) is 11.3 Å². The fourth-order valence-corrected chi connectivity index (χ4v) is 7.76. The van der Waals surface area contributed by atoms with Crippen molar-refractivity contribution in [3.05, 3.63) is 137 Å². The van der Waals surface area contributed by atoms with Crippen LogP contribution in [-0.4, -0.2) is 0 Å². The molecule has 0 aromatic heterocycles. The van der Waals surface area contributed by atoms with Crippen LogP contribution in [-0.2, 0) is 19.3 Å². The zero-order chi connectivity index (χ0) is 39.1. The van der Waals surface area contributed by atoms with Crippen LogP contribution < -0.4 is 5.73 Å². The van der Waals surface area contributed by atoms with E-state index in [-0.39, 0.29) is 0 Å². The molecule has 54 heavy (non-hydrogen) atoms. The third-order valence-corrected chi connectivity index (χ3v) is 11.0. The summed E-state index contributed by atoms with van der Waals surface area (Å²) >= 11 is 0. The quantitative estimate of drug-likeness (QED) is 0.0633. The van der Waals surface area contributed by atoms with Gasteiger partial charge in [0.15, 0.2) is 0 Å². The number of unbranched alkanes of at least 4 members (excludes halogenated alkanes) is 4. The maximum Gasteiger partial charge on any atom is 0.0390 e. The number of allylic oxidation sites excluding steroid dienone is 3. The Hall–Kier alpha value is -3.84. The Morgan fingerprint density at radius 1 is 0.556 bits per heavy atom. The Labute approximate surface area is 332 Å². The third kappa shape index (κ3) is 14.8. The van der Waals surface area contributed by atoms with E-state index in [1.54, 1.807) is 0 Å². The Morgan fingerprint density at radius 2 is 1.09 bits per heavy atom. The topological polar surface area (TPSA) is 26.0 Å². The summed E-state index contributed by atoms with van der Waals surface area (Å²) in [5.74, 6) is 1.56. The second-order valence-electron chi connectivity index (χ2n) is 15.4. The lowest BCUT2D eigenvalue weighted by Gasteiger charge is -2.17. The lowest BCUT2D eigenvalue weighted by molar-refractivity contribution is 0.422. The maximum atomic E-state index is 6.58. The fraction of sp³-hybridized carbons (Fsp3) is 0.472. The van der Waals surface area contributed by atoms with Crippen molar-refractivity contribution in [1.82, 2.24) is 0 Å². The molecule has 0 heterocycles. The van der Waals surface area contributed by atoms with Gasteiger partial charge >= 0.3 is 0 Å². The Bertz CT molecular complexity index is 1670. The molecule has 2 N–H and O–H groups in total. The molecule has 292 valence electrons. The summed E-state index contributed by atoms with van der Waals surface area (Å²) in [4.78, 5) is 0. The third-order valence-electron chi connectivity index (χ3n) is 11.0. The molecule has 0 aliphatic rings. The molecule has 0 aliphatic heterocycles. The number of hydrogen-bond donors (Lipinski definition) is 1. The highest BCUT2D eigenvalue weighted by Gasteiger charge is 2.13. The van der Waals surface area contributed by atoms with Gasteiger partial charge in [0.05, 0.1) is 0 Å². The van der Waals surface area contributed by atoms with Crippen molar-refractivity contribution in [2.45, 2.75) is 152 Å². The summed E-state index contributed by atoms with van der Waals surface area (Å²) in [5.41, 5.74) is 20.4. The average molecular weight is 726 g/mol. The minimum Gasteiger partial charge on any atom is -0.398 e. The SMILES string of the molecule is CC.CC/C=C\C=C(/N)c1cc(Cc2cc(-c3ccc(CC(CC)CCCCC)cc3)cc(-c3ccc(CC(CCC)CCCCC)cc3)c2)ccc1C. The minimum atomic E-state index is 0.773. The smallest absolute Gasteiger partial charge is 0.0390 e. The molecule has 0 saturated carbocycles. The maximum absolute atomic E-state index is 6.58. The predicted octanol–water partition coefficient (Wildman–Crippen LogP) is 15.9. The van der Waals surface area contributed by atoms with Crippen molar-refractivity contribution in [3.63, 3.8) is 0 Å². The van der Waals surface area contributed by atoms with Crippen molar-refractivity contribution in [3.8, 4) is 22.3 Å². The van der Waals surface area contributed by atoms with Crippen LogP contribution in [0.2, 0.25) is 0 Å². The van der Waals surface area contributed by atoms with Crippen LogP contribution in [0.15, 0.2) is 103 Å². The molecule has 1 heteroatoms. The van der Waals surface area contributed by atoms with Gasteiger partial charge in [0.2, 0.25) is 0 Å². The highest BCUT2D eigenvalue weighted by Crippen LogP contribution is 2.32. The van der Waals surface area contributed by atoms with E-state index in [1.165, 1.54) is 134 Å². The van der Waals surface area contributed by atoms with Crippen LogP contribution >= 0.6 is 0 Å². The molecule has 4 aromatic carbocycles. The van der Waals surface area contributed by atoms with Gasteiger partial charge in [-0.1, -0.05) is 204 Å². The first-order valence-corrected chi connectivity index (χ1v) is 21.9. The van der Waals surface area contributed by atoms with E-state index in [1.807, 2.05) is 19.9 Å². The van der Waals surface area contributed by atoms with E-state index in [2.05, 4.69) is 139 Å². The van der Waals surface area contributed by atoms with Crippen molar-refractivity contribution in [2.24, 2.45) is 17.6 Å². The average Bonchev–Trinajstić information content (AvgIpc) is 3.19. The molecule has 0 amide bonds. The van der Waals surface area contributed by atoms with Crippen molar-refractivity contribution < 1.29 is 0 Å². The molecule has 1 nitrogen and oxygen atoms in total. The summed E-state index contributed by atoms with van der Waals surface area (Å²) < 4.78 is 0. The summed E-state index contributed by atoms with van der Waals surface area (Å²) in [5, 5.41) is 0. The number of rotatable bonds is 22. The molecule has 2 atom stereocenters. The number of hydrogen-bond acceptors (Lipinski definition) is 1. The lowest BCUT2D eigenvalue weighted by atomic mass is 9.88. The second-order valence-corrected chi connectivity index (χ2v) is 15.4. The molecule has 2 unspecified atom stereocenters. The van der Waals surface area contributed by atoms with E-state index < -0.39 is 0 Å². The van der Waals surface area contributed by atoms with E-state index in [4.69, 9.17) is 5.73 Å². The second kappa shape index (κ2) is 25.3. The summed E-state index contributed by atoms with van der Waals surface area (Å²) in [6, 6.07) is 32.9. The van der Waals surface area contributed by atoms with Crippen LogP contribution in [0.5, 0.6) is 0 Å². The van der Waals surface area contributed by atoms with Gasteiger partial charge in [-0.05, 0) is 113 Å². The van der Waals surface area contributed by atoms with Crippen LogP contribution in [0.25, 0.3) is 28.0 Å². The van der Waals surface area contributed by atoms with Gasteiger partial charge in [-0.3, -0.25) is 0 Å². The largest absolute Gasteiger partial charge is 0.398 e. The Morgan fingerprint density at radius 3 is 1.61 bits per heavy atom. The first-order chi connectivity index (χ1) is 26.4. The van der Waals surface area contributed by atoms with Gasteiger partial charge in [-0.15, -0.1) is 0 Å². The van der Waals surface area contributed by atoms with E-state index >= 15 is 0 Å². The van der Waals surface area contributed by atoms with Crippen LogP contribution in [0.4, 0.5) is 0 Å². The Balaban J connectivity index is 0.00000385. The lowest BCUT2D eigenvalue weighted by Crippen LogP contribution is -2.04. The van der Waals surface area contributed by atoms with Crippen LogP contribution in [0, 0.1) is 18.8 Å². The fourth-order valence-electron chi connectivity index (χ4n) is 7.76. The Kier molecular flexibility index (Phi) is 20.9. The van der Waals surface area contributed by atoms with Gasteiger partial charge in [0.1, 0.15) is 0 Å². The summed E-state index contributed by atoms with van der Waals surface area (Å²) in [6.45, 7) is 17.6. The number of aryl methyl sites for hydroxylation is 1. The first-order valence-electron chi connectivity index (χ1n) is 21.9. The molecule has 0 fully saturated rings. The minimum absolute atomic E-state index is 0.773. The molecule has 0 aliphatic carbocycles. The predicted molar refractivity (Wildman–Crippen MR) is 242 cm³/mol. The molecule has 0 bridgehead atoms. The van der Waals surface area contributed by atoms with Crippen molar-refractivity contribution in [1.29, 1.82) is 0 Å². The highest BCUT2D eigenvalue weighted by molar-refractivity contribution is 5.75. The standard InChI is InChI=1S/C51H69N.C2H6/c1-7-12-15-19-40(11-5)32-42-24-28-46(29-25-42)48-35-45(34-44-23-22-39(6)50(37-44)51(52)21-17-14-9-3)36-49(38-48)47-30-26-43(27-31-47)33-41(18-10-4)20-16-13-8-2;1-2/h14,17,21-31,35-38,40-41H,7-13,15-16,18-20,32-34,52H2,1-6H3;1-2H3/b17-14-,51-21-;. The van der Waals surface area contributed by atoms with Gasteiger partial charge in [0.25, 0.3) is 0 Å². The molecular formula is C53H75N. The monoisotopic (exact) mass is 726 g/mol. The van der Waals surface area contributed by atoms with Crippen LogP contribution in [0.3, 0.4) is 0 Å². The van der Waals surface area contributed by atoms with Crippen molar-refractivity contribution >= 4 is 5.70 Å². The first kappa shape index (κ1) is 44.6.